The van der Waals surface area contributed by atoms with Crippen molar-refractivity contribution in [2.45, 2.75) is 31.1 Å². The molecule has 3 aromatic heterocycles. The standard InChI is InChI=1S/C25H22N8O3/c1-25(35,23-27-8-2-9-28-23)7-5-15-3-4-18-19(11-15)33(20-6-10-29-24(26)30-20)31-21(18)22(34)32-13-17-12-16(32)14-36-17/h2-4,6,8-11,16-17,35H,12-14H2,1H3,(H2,26,29,30)/t16-,17-,25?/m0/s1. The fraction of sp³-hybridized carbons (Fsp3) is 0.280. The Hall–Kier alpha value is -4.40. The van der Waals surface area contributed by atoms with Gasteiger partial charge in [0, 0.05) is 42.2 Å². The van der Waals surface area contributed by atoms with E-state index in [1.165, 1.54) is 13.1 Å². The van der Waals surface area contributed by atoms with Gasteiger partial charge in [0.2, 0.25) is 5.95 Å². The molecule has 11 nitrogen and oxygen atoms in total. The molecule has 0 spiro atoms. The molecule has 5 heterocycles. The summed E-state index contributed by atoms with van der Waals surface area (Å²) in [5, 5.41) is 16.1. The molecule has 0 aliphatic carbocycles. The molecule has 2 aliphatic heterocycles. The molecule has 2 bridgehead atoms. The second-order valence-electron chi connectivity index (χ2n) is 8.96. The van der Waals surface area contributed by atoms with Gasteiger partial charge in [-0.2, -0.15) is 10.1 Å². The van der Waals surface area contributed by atoms with Gasteiger partial charge in [0.1, 0.15) is 0 Å². The van der Waals surface area contributed by atoms with Crippen LogP contribution in [0, 0.1) is 11.8 Å². The number of morpholine rings is 1. The maximum atomic E-state index is 13.5. The lowest BCUT2D eigenvalue weighted by molar-refractivity contribution is 0.0256. The smallest absolute Gasteiger partial charge is 0.275 e. The first-order valence-corrected chi connectivity index (χ1v) is 11.5. The third-order valence-electron chi connectivity index (χ3n) is 6.37. The Morgan fingerprint density at radius 2 is 2.06 bits per heavy atom. The Morgan fingerprint density at radius 3 is 2.78 bits per heavy atom. The fourth-order valence-electron chi connectivity index (χ4n) is 4.59. The van der Waals surface area contributed by atoms with Crippen molar-refractivity contribution in [3.63, 3.8) is 0 Å². The summed E-state index contributed by atoms with van der Waals surface area (Å²) < 4.78 is 7.22. The number of hydrogen-bond donors (Lipinski definition) is 2. The van der Waals surface area contributed by atoms with Crippen LogP contribution in [0.5, 0.6) is 0 Å². The Kier molecular flexibility index (Phi) is 5.13. The van der Waals surface area contributed by atoms with Gasteiger partial charge in [-0.1, -0.05) is 11.8 Å². The van der Waals surface area contributed by atoms with Crippen LogP contribution in [0.1, 0.15) is 35.2 Å². The molecule has 2 aliphatic rings. The molecule has 11 heteroatoms. The van der Waals surface area contributed by atoms with Crippen LogP contribution in [-0.2, 0) is 10.3 Å². The Morgan fingerprint density at radius 1 is 1.22 bits per heavy atom. The fourth-order valence-corrected chi connectivity index (χ4v) is 4.59. The molecule has 1 unspecified atom stereocenters. The van der Waals surface area contributed by atoms with Gasteiger partial charge in [-0.25, -0.2) is 19.6 Å². The van der Waals surface area contributed by atoms with Crippen LogP contribution < -0.4 is 5.73 Å². The van der Waals surface area contributed by atoms with E-state index in [0.29, 0.717) is 41.1 Å². The second kappa shape index (κ2) is 8.37. The van der Waals surface area contributed by atoms with Crippen LogP contribution in [0.2, 0.25) is 0 Å². The molecule has 0 saturated carbocycles. The molecule has 1 amide bonds. The van der Waals surface area contributed by atoms with Crippen molar-refractivity contribution < 1.29 is 14.6 Å². The molecule has 4 aromatic rings. The van der Waals surface area contributed by atoms with Crippen LogP contribution in [0.25, 0.3) is 16.7 Å². The van der Waals surface area contributed by atoms with E-state index >= 15 is 0 Å². The monoisotopic (exact) mass is 482 g/mol. The van der Waals surface area contributed by atoms with Crippen LogP contribution in [0.4, 0.5) is 5.95 Å². The van der Waals surface area contributed by atoms with E-state index in [0.717, 1.165) is 6.42 Å². The summed E-state index contributed by atoms with van der Waals surface area (Å²) >= 11 is 0. The van der Waals surface area contributed by atoms with Gasteiger partial charge in [0.25, 0.3) is 5.91 Å². The summed E-state index contributed by atoms with van der Waals surface area (Å²) in [6.07, 6.45) is 5.56. The number of ether oxygens (including phenoxy) is 1. The van der Waals surface area contributed by atoms with Crippen molar-refractivity contribution in [3.8, 4) is 17.7 Å². The van der Waals surface area contributed by atoms with Crippen molar-refractivity contribution >= 4 is 22.8 Å². The lowest BCUT2D eigenvalue weighted by Crippen LogP contribution is -2.41. The molecule has 6 rings (SSSR count). The van der Waals surface area contributed by atoms with Gasteiger partial charge in [-0.3, -0.25) is 4.79 Å². The number of aromatic nitrogens is 6. The highest BCUT2D eigenvalue weighted by Gasteiger charge is 2.42. The number of nitrogens with zero attached hydrogens (tertiary/aromatic N) is 7. The van der Waals surface area contributed by atoms with E-state index in [1.54, 1.807) is 47.4 Å². The molecule has 2 fully saturated rings. The number of amides is 1. The normalized spacial score (nSPS) is 20.2. The molecule has 3 atom stereocenters. The van der Waals surface area contributed by atoms with E-state index in [9.17, 15) is 9.90 Å². The van der Waals surface area contributed by atoms with Crippen LogP contribution in [0.15, 0.2) is 48.9 Å². The van der Waals surface area contributed by atoms with Crippen molar-refractivity contribution in [1.82, 2.24) is 34.6 Å². The van der Waals surface area contributed by atoms with E-state index in [-0.39, 0.29) is 29.8 Å². The number of carbonyl (C=O) groups is 1. The number of fused-ring (bicyclic) bond motifs is 3. The zero-order valence-corrected chi connectivity index (χ0v) is 19.4. The SMILES string of the molecule is CC(O)(C#Cc1ccc2c(C(=O)N3C[C@@H]4C[C@H]3CO4)nn(-c3ccnc(N)n3)c2c1)c1ncccn1. The summed E-state index contributed by atoms with van der Waals surface area (Å²) in [5.74, 6) is 6.39. The molecule has 36 heavy (non-hydrogen) atoms. The molecule has 0 radical (unpaired) electrons. The summed E-state index contributed by atoms with van der Waals surface area (Å²) in [4.78, 5) is 31.8. The lowest BCUT2D eigenvalue weighted by Gasteiger charge is -2.26. The van der Waals surface area contributed by atoms with Gasteiger partial charge >= 0.3 is 0 Å². The summed E-state index contributed by atoms with van der Waals surface area (Å²) in [6.45, 7) is 2.63. The van der Waals surface area contributed by atoms with Gasteiger partial charge in [-0.05, 0) is 37.6 Å². The topological polar surface area (TPSA) is 145 Å². The second-order valence-corrected chi connectivity index (χ2v) is 8.96. The maximum absolute atomic E-state index is 13.5. The average Bonchev–Trinajstić information content (AvgIpc) is 3.62. The zero-order chi connectivity index (χ0) is 24.9. The lowest BCUT2D eigenvalue weighted by atomic mass is 10.1. The summed E-state index contributed by atoms with van der Waals surface area (Å²) in [6, 6.07) is 8.78. The minimum absolute atomic E-state index is 0.0602. The van der Waals surface area contributed by atoms with Gasteiger partial charge in [0.15, 0.2) is 22.9 Å². The number of benzene rings is 1. The van der Waals surface area contributed by atoms with Crippen molar-refractivity contribution in [1.29, 1.82) is 0 Å². The van der Waals surface area contributed by atoms with E-state index in [2.05, 4.69) is 36.9 Å². The van der Waals surface area contributed by atoms with E-state index in [1.807, 2.05) is 4.90 Å². The van der Waals surface area contributed by atoms with Crippen LogP contribution in [0.3, 0.4) is 0 Å². The Bertz CT molecular complexity index is 1540. The number of carbonyl (C=O) groups excluding carboxylic acids is 1. The van der Waals surface area contributed by atoms with Crippen LogP contribution in [-0.4, -0.2) is 70.9 Å². The Labute approximate surface area is 206 Å². The number of anilines is 1. The number of hydrogen-bond acceptors (Lipinski definition) is 9. The van der Waals surface area contributed by atoms with E-state index < -0.39 is 5.60 Å². The minimum atomic E-state index is -1.55. The first-order valence-electron chi connectivity index (χ1n) is 11.5. The average molecular weight is 483 g/mol. The van der Waals surface area contributed by atoms with Crippen molar-refractivity contribution in [2.24, 2.45) is 0 Å². The molecule has 3 N–H and O–H groups in total. The highest BCUT2D eigenvalue weighted by Crippen LogP contribution is 2.31. The van der Waals surface area contributed by atoms with Crippen molar-refractivity contribution in [2.75, 3.05) is 18.9 Å². The molecular weight excluding hydrogens is 460 g/mol. The first kappa shape index (κ1) is 22.1. The predicted octanol–water partition coefficient (Wildman–Crippen LogP) is 1.06. The number of nitrogens with two attached hydrogens (primary N) is 1. The molecular formula is C25H22N8O3. The largest absolute Gasteiger partial charge is 0.374 e. The van der Waals surface area contributed by atoms with Crippen molar-refractivity contribution in [3.05, 3.63) is 66.0 Å². The predicted molar refractivity (Wildman–Crippen MR) is 129 cm³/mol. The van der Waals surface area contributed by atoms with Gasteiger partial charge < -0.3 is 20.5 Å². The molecule has 180 valence electrons. The van der Waals surface area contributed by atoms with Gasteiger partial charge in [-0.15, -0.1) is 0 Å². The minimum Gasteiger partial charge on any atom is -0.374 e. The number of aliphatic hydroxyl groups is 1. The molecule has 1 aromatic carbocycles. The number of likely N-dealkylation sites (tertiary alicyclic amines) is 1. The van der Waals surface area contributed by atoms with Gasteiger partial charge in [0.05, 0.1) is 24.3 Å². The quantitative estimate of drug-likeness (QED) is 0.409. The molecule has 2 saturated heterocycles. The van der Waals surface area contributed by atoms with Crippen LogP contribution >= 0.6 is 0 Å². The Balaban J connectivity index is 1.44. The first-order chi connectivity index (χ1) is 17.4. The maximum Gasteiger partial charge on any atom is 0.275 e. The highest BCUT2D eigenvalue weighted by atomic mass is 16.5. The third-order valence-corrected chi connectivity index (χ3v) is 6.37. The van der Waals surface area contributed by atoms with E-state index in [4.69, 9.17) is 10.5 Å². The highest BCUT2D eigenvalue weighted by molar-refractivity contribution is 6.05. The summed E-state index contributed by atoms with van der Waals surface area (Å²) in [7, 11) is 0. The number of nitrogen functional groups attached to an aromatic ring is 1. The zero-order valence-electron chi connectivity index (χ0n) is 19.4. The third kappa shape index (κ3) is 3.82. The number of rotatable bonds is 3. The summed E-state index contributed by atoms with van der Waals surface area (Å²) in [5.41, 5.74) is 5.82.